The molecular formula is C19H24N4O3. The molecule has 1 saturated heterocycles. The van der Waals surface area contributed by atoms with E-state index in [4.69, 9.17) is 0 Å². The first kappa shape index (κ1) is 18.1. The molecule has 7 heteroatoms. The van der Waals surface area contributed by atoms with Crippen molar-refractivity contribution < 1.29 is 14.7 Å². The molecule has 1 unspecified atom stereocenters. The van der Waals surface area contributed by atoms with Gasteiger partial charge >= 0.3 is 0 Å². The summed E-state index contributed by atoms with van der Waals surface area (Å²) in [5, 5.41) is 17.5. The van der Waals surface area contributed by atoms with Crippen LogP contribution in [-0.2, 0) is 4.79 Å². The highest BCUT2D eigenvalue weighted by molar-refractivity contribution is 5.94. The summed E-state index contributed by atoms with van der Waals surface area (Å²) in [6.07, 6.45) is 3.06. The van der Waals surface area contributed by atoms with E-state index in [1.54, 1.807) is 28.8 Å². The monoisotopic (exact) mass is 356 g/mol. The van der Waals surface area contributed by atoms with Gasteiger partial charge in [-0.05, 0) is 50.1 Å². The van der Waals surface area contributed by atoms with Gasteiger partial charge in [-0.25, -0.2) is 4.68 Å². The molecule has 26 heavy (non-hydrogen) atoms. The Bertz CT molecular complexity index is 799. The van der Waals surface area contributed by atoms with Crippen molar-refractivity contribution in [2.75, 3.05) is 20.1 Å². The Morgan fingerprint density at radius 2 is 2.00 bits per heavy atom. The van der Waals surface area contributed by atoms with Gasteiger partial charge in [-0.15, -0.1) is 0 Å². The van der Waals surface area contributed by atoms with Crippen LogP contribution in [0.25, 0.3) is 5.69 Å². The van der Waals surface area contributed by atoms with Crippen LogP contribution in [-0.4, -0.2) is 57.3 Å². The summed E-state index contributed by atoms with van der Waals surface area (Å²) in [4.78, 5) is 26.0. The molecule has 0 radical (unpaired) electrons. The molecule has 1 fully saturated rings. The molecule has 0 aliphatic carbocycles. The second kappa shape index (κ2) is 7.29. The maximum absolute atomic E-state index is 12.8. The van der Waals surface area contributed by atoms with Crippen LogP contribution < -0.4 is 5.32 Å². The Labute approximate surface area is 152 Å². The molecule has 0 saturated carbocycles. The van der Waals surface area contributed by atoms with Gasteiger partial charge in [0.1, 0.15) is 0 Å². The first-order valence-electron chi connectivity index (χ1n) is 8.75. The Kier molecular flexibility index (Phi) is 5.08. The predicted octanol–water partition coefficient (Wildman–Crippen LogP) is 1.28. The molecule has 0 spiro atoms. The Balaban J connectivity index is 1.71. The number of carbonyl (C=O) groups excluding carboxylic acids is 2. The molecule has 1 atom stereocenters. The zero-order chi connectivity index (χ0) is 18.7. The van der Waals surface area contributed by atoms with E-state index in [2.05, 4.69) is 10.4 Å². The van der Waals surface area contributed by atoms with Crippen LogP contribution in [0.15, 0.2) is 36.5 Å². The SMILES string of the molecule is CNC(=O)CC1(O)CCCN(C(=O)c2ccc(-n3ccc(C)n3)cc2)C1. The molecule has 1 aliphatic heterocycles. The second-order valence-corrected chi connectivity index (χ2v) is 6.85. The topological polar surface area (TPSA) is 87.5 Å². The van der Waals surface area contributed by atoms with E-state index in [0.29, 0.717) is 24.9 Å². The number of likely N-dealkylation sites (tertiary alicyclic amines) is 1. The number of aliphatic hydroxyl groups is 1. The van der Waals surface area contributed by atoms with E-state index < -0.39 is 5.60 Å². The maximum atomic E-state index is 12.8. The van der Waals surface area contributed by atoms with Gasteiger partial charge in [-0.1, -0.05) is 0 Å². The van der Waals surface area contributed by atoms with E-state index in [-0.39, 0.29) is 24.8 Å². The van der Waals surface area contributed by atoms with Crippen molar-refractivity contribution in [3.05, 3.63) is 47.8 Å². The third-order valence-electron chi connectivity index (χ3n) is 4.71. The molecule has 2 heterocycles. The smallest absolute Gasteiger partial charge is 0.253 e. The molecule has 1 aromatic carbocycles. The first-order valence-corrected chi connectivity index (χ1v) is 8.75. The Hall–Kier alpha value is -2.67. The lowest BCUT2D eigenvalue weighted by Crippen LogP contribution is -2.52. The quantitative estimate of drug-likeness (QED) is 0.864. The maximum Gasteiger partial charge on any atom is 0.253 e. The highest BCUT2D eigenvalue weighted by Crippen LogP contribution is 2.26. The van der Waals surface area contributed by atoms with Crippen molar-refractivity contribution in [3.8, 4) is 5.69 Å². The number of nitrogens with zero attached hydrogens (tertiary/aromatic N) is 3. The molecular weight excluding hydrogens is 332 g/mol. The van der Waals surface area contributed by atoms with Gasteiger partial charge in [0.15, 0.2) is 0 Å². The fourth-order valence-corrected chi connectivity index (χ4v) is 3.32. The zero-order valence-corrected chi connectivity index (χ0v) is 15.1. The standard InChI is InChI=1S/C19H24N4O3/c1-14-8-11-23(21-14)16-6-4-15(5-7-16)18(25)22-10-3-9-19(26,13-22)12-17(24)20-2/h4-8,11,26H,3,9-10,12-13H2,1-2H3,(H,20,24). The molecule has 0 bridgehead atoms. The van der Waals surface area contributed by atoms with Crippen LogP contribution in [0.2, 0.25) is 0 Å². The van der Waals surface area contributed by atoms with Crippen molar-refractivity contribution in [3.63, 3.8) is 0 Å². The molecule has 1 aromatic heterocycles. The second-order valence-electron chi connectivity index (χ2n) is 6.85. The fourth-order valence-electron chi connectivity index (χ4n) is 3.32. The van der Waals surface area contributed by atoms with Gasteiger partial charge in [0.2, 0.25) is 5.91 Å². The highest BCUT2D eigenvalue weighted by atomic mass is 16.3. The molecule has 2 amide bonds. The lowest BCUT2D eigenvalue weighted by molar-refractivity contribution is -0.127. The summed E-state index contributed by atoms with van der Waals surface area (Å²) in [7, 11) is 1.54. The normalized spacial score (nSPS) is 20.0. The Morgan fingerprint density at radius 1 is 1.27 bits per heavy atom. The van der Waals surface area contributed by atoms with Crippen LogP contribution in [0.5, 0.6) is 0 Å². The third kappa shape index (κ3) is 3.94. The van der Waals surface area contributed by atoms with Gasteiger partial charge in [0.05, 0.1) is 29.9 Å². The number of aromatic nitrogens is 2. The number of piperidine rings is 1. The number of hydrogen-bond acceptors (Lipinski definition) is 4. The van der Waals surface area contributed by atoms with Crippen LogP contribution in [0.1, 0.15) is 35.3 Å². The average Bonchev–Trinajstić information content (AvgIpc) is 3.07. The van der Waals surface area contributed by atoms with E-state index in [1.165, 1.54) is 0 Å². The summed E-state index contributed by atoms with van der Waals surface area (Å²) in [5.74, 6) is -0.358. The number of β-amino-alcohol motifs (C(OH)–C–C–N with tert-alkyl or cyclic N) is 1. The van der Waals surface area contributed by atoms with Gasteiger partial charge in [0, 0.05) is 25.4 Å². The zero-order valence-electron chi connectivity index (χ0n) is 15.1. The summed E-state index contributed by atoms with van der Waals surface area (Å²) < 4.78 is 1.76. The number of nitrogens with one attached hydrogen (secondary N) is 1. The molecule has 138 valence electrons. The van der Waals surface area contributed by atoms with E-state index in [0.717, 1.165) is 11.4 Å². The number of carbonyl (C=O) groups is 2. The van der Waals surface area contributed by atoms with Gasteiger partial charge in [0.25, 0.3) is 5.91 Å². The lowest BCUT2D eigenvalue weighted by Gasteiger charge is -2.38. The van der Waals surface area contributed by atoms with Crippen molar-refractivity contribution >= 4 is 11.8 Å². The van der Waals surface area contributed by atoms with Crippen LogP contribution in [0.4, 0.5) is 0 Å². The van der Waals surface area contributed by atoms with E-state index in [9.17, 15) is 14.7 Å². The molecule has 7 nitrogen and oxygen atoms in total. The van der Waals surface area contributed by atoms with Crippen LogP contribution >= 0.6 is 0 Å². The van der Waals surface area contributed by atoms with Crippen LogP contribution in [0.3, 0.4) is 0 Å². The number of aryl methyl sites for hydroxylation is 1. The number of benzene rings is 1. The van der Waals surface area contributed by atoms with Crippen molar-refractivity contribution in [2.45, 2.75) is 31.8 Å². The average molecular weight is 356 g/mol. The minimum Gasteiger partial charge on any atom is -0.388 e. The molecule has 2 aromatic rings. The minimum atomic E-state index is -1.17. The Morgan fingerprint density at radius 3 is 2.62 bits per heavy atom. The van der Waals surface area contributed by atoms with Gasteiger partial charge < -0.3 is 15.3 Å². The predicted molar refractivity (Wildman–Crippen MR) is 97.1 cm³/mol. The van der Waals surface area contributed by atoms with Crippen LogP contribution in [0, 0.1) is 6.92 Å². The molecule has 2 N–H and O–H groups in total. The van der Waals surface area contributed by atoms with Crippen molar-refractivity contribution in [1.29, 1.82) is 0 Å². The molecule has 1 aliphatic rings. The molecule has 3 rings (SSSR count). The first-order chi connectivity index (χ1) is 12.4. The number of amides is 2. The third-order valence-corrected chi connectivity index (χ3v) is 4.71. The number of rotatable bonds is 4. The van der Waals surface area contributed by atoms with Gasteiger partial charge in [-0.2, -0.15) is 5.10 Å². The van der Waals surface area contributed by atoms with E-state index >= 15 is 0 Å². The highest BCUT2D eigenvalue weighted by Gasteiger charge is 2.37. The largest absolute Gasteiger partial charge is 0.388 e. The number of hydrogen-bond donors (Lipinski definition) is 2. The van der Waals surface area contributed by atoms with Gasteiger partial charge in [-0.3, -0.25) is 9.59 Å². The minimum absolute atomic E-state index is 0.00483. The lowest BCUT2D eigenvalue weighted by atomic mass is 9.89. The van der Waals surface area contributed by atoms with Crippen molar-refractivity contribution in [1.82, 2.24) is 20.0 Å². The van der Waals surface area contributed by atoms with E-state index in [1.807, 2.05) is 31.3 Å². The summed E-state index contributed by atoms with van der Waals surface area (Å²) >= 11 is 0. The fraction of sp³-hybridized carbons (Fsp3) is 0.421. The summed E-state index contributed by atoms with van der Waals surface area (Å²) in [6, 6.07) is 9.14. The summed E-state index contributed by atoms with van der Waals surface area (Å²) in [6.45, 7) is 2.67. The summed E-state index contributed by atoms with van der Waals surface area (Å²) in [5.41, 5.74) is 1.20. The van der Waals surface area contributed by atoms with Crippen molar-refractivity contribution in [2.24, 2.45) is 0 Å².